The predicted molar refractivity (Wildman–Crippen MR) is 82.3 cm³/mol. The maximum absolute atomic E-state index is 5.27. The molecule has 0 amide bonds. The van der Waals surface area contributed by atoms with Crippen molar-refractivity contribution in [1.29, 1.82) is 0 Å². The first kappa shape index (κ1) is 13.9. The molecule has 2 atom stereocenters. The summed E-state index contributed by atoms with van der Waals surface area (Å²) in [4.78, 5) is 2.60. The minimum atomic E-state index is 0.717. The summed E-state index contributed by atoms with van der Waals surface area (Å²) in [6, 6.07) is 10.8. The van der Waals surface area contributed by atoms with E-state index in [2.05, 4.69) is 35.5 Å². The average molecular weight is 274 g/mol. The summed E-state index contributed by atoms with van der Waals surface area (Å²) in [7, 11) is 4.03. The van der Waals surface area contributed by atoms with Crippen LogP contribution >= 0.6 is 0 Å². The molecule has 3 nitrogen and oxygen atoms in total. The van der Waals surface area contributed by atoms with Crippen molar-refractivity contribution in [1.82, 2.24) is 10.2 Å². The van der Waals surface area contributed by atoms with E-state index in [-0.39, 0.29) is 0 Å². The van der Waals surface area contributed by atoms with E-state index in [9.17, 15) is 0 Å². The van der Waals surface area contributed by atoms with Crippen LogP contribution in [0.25, 0.3) is 0 Å². The molecule has 0 radical (unpaired) electrons. The van der Waals surface area contributed by atoms with E-state index in [1.165, 1.54) is 31.2 Å². The summed E-state index contributed by atoms with van der Waals surface area (Å²) < 4.78 is 5.27. The van der Waals surface area contributed by atoms with Gasteiger partial charge in [-0.1, -0.05) is 12.1 Å². The van der Waals surface area contributed by atoms with Gasteiger partial charge in [0.15, 0.2) is 0 Å². The highest BCUT2D eigenvalue weighted by atomic mass is 16.5. The molecule has 2 heterocycles. The van der Waals surface area contributed by atoms with Crippen LogP contribution in [0.4, 0.5) is 0 Å². The van der Waals surface area contributed by atoms with Crippen molar-refractivity contribution in [2.45, 2.75) is 50.2 Å². The fourth-order valence-corrected chi connectivity index (χ4v) is 3.83. The van der Waals surface area contributed by atoms with Gasteiger partial charge in [0.05, 0.1) is 7.11 Å². The highest BCUT2D eigenvalue weighted by molar-refractivity contribution is 5.28. The van der Waals surface area contributed by atoms with Crippen LogP contribution in [0.5, 0.6) is 5.75 Å². The van der Waals surface area contributed by atoms with Crippen LogP contribution < -0.4 is 10.1 Å². The number of hydrogen-bond acceptors (Lipinski definition) is 3. The minimum absolute atomic E-state index is 0.717. The Kier molecular flexibility index (Phi) is 4.27. The fourth-order valence-electron chi connectivity index (χ4n) is 3.83. The summed E-state index contributed by atoms with van der Waals surface area (Å²) >= 11 is 0. The molecule has 2 saturated heterocycles. The maximum atomic E-state index is 5.27. The van der Waals surface area contributed by atoms with Crippen LogP contribution in [0, 0.1) is 0 Å². The lowest BCUT2D eigenvalue weighted by atomic mass is 9.98. The lowest BCUT2D eigenvalue weighted by Crippen LogP contribution is -2.47. The first-order chi connectivity index (χ1) is 9.76. The van der Waals surface area contributed by atoms with Gasteiger partial charge in [-0.05, 0) is 63.4 Å². The minimum Gasteiger partial charge on any atom is -0.497 e. The Morgan fingerprint density at radius 2 is 2.00 bits per heavy atom. The van der Waals surface area contributed by atoms with Gasteiger partial charge in [-0.3, -0.25) is 0 Å². The second-order valence-electron chi connectivity index (χ2n) is 6.27. The number of piperidine rings is 1. The molecular formula is C17H26N2O. The van der Waals surface area contributed by atoms with E-state index in [4.69, 9.17) is 4.74 Å². The van der Waals surface area contributed by atoms with Gasteiger partial charge < -0.3 is 15.0 Å². The quantitative estimate of drug-likeness (QED) is 0.892. The SMILES string of the molecule is COc1cccc(CCNC2CC3CCC(C2)N3C)c1. The van der Waals surface area contributed by atoms with Gasteiger partial charge in [0.1, 0.15) is 5.75 Å². The first-order valence-electron chi connectivity index (χ1n) is 7.84. The third kappa shape index (κ3) is 2.99. The zero-order valence-electron chi connectivity index (χ0n) is 12.6. The van der Waals surface area contributed by atoms with Crippen LogP contribution in [0.15, 0.2) is 24.3 Å². The third-order valence-electron chi connectivity index (χ3n) is 5.08. The Bertz CT molecular complexity index is 434. The molecule has 3 rings (SSSR count). The Hall–Kier alpha value is -1.06. The van der Waals surface area contributed by atoms with Gasteiger partial charge in [0.2, 0.25) is 0 Å². The monoisotopic (exact) mass is 274 g/mol. The van der Waals surface area contributed by atoms with Gasteiger partial charge in [0, 0.05) is 18.1 Å². The Morgan fingerprint density at radius 3 is 2.70 bits per heavy atom. The van der Waals surface area contributed by atoms with Crippen molar-refractivity contribution in [2.75, 3.05) is 20.7 Å². The maximum Gasteiger partial charge on any atom is 0.119 e. The van der Waals surface area contributed by atoms with Crippen molar-refractivity contribution in [3.63, 3.8) is 0 Å². The zero-order chi connectivity index (χ0) is 13.9. The number of rotatable bonds is 5. The van der Waals surface area contributed by atoms with Crippen LogP contribution in [-0.4, -0.2) is 43.7 Å². The van der Waals surface area contributed by atoms with E-state index < -0.39 is 0 Å². The van der Waals surface area contributed by atoms with Crippen LogP contribution in [0.3, 0.4) is 0 Å². The molecule has 0 aromatic heterocycles. The van der Waals surface area contributed by atoms with E-state index in [1.807, 2.05) is 6.07 Å². The molecule has 0 spiro atoms. The Balaban J connectivity index is 1.46. The van der Waals surface area contributed by atoms with Gasteiger partial charge in [-0.25, -0.2) is 0 Å². The molecule has 110 valence electrons. The Morgan fingerprint density at radius 1 is 1.25 bits per heavy atom. The molecule has 3 heteroatoms. The standard InChI is InChI=1S/C17H26N2O/c1-19-15-6-7-16(19)12-14(11-15)18-9-8-13-4-3-5-17(10-13)20-2/h3-5,10,14-16,18H,6-9,11-12H2,1-2H3. The molecule has 2 bridgehead atoms. The summed E-state index contributed by atoms with van der Waals surface area (Å²) in [5.41, 5.74) is 1.35. The van der Waals surface area contributed by atoms with Crippen molar-refractivity contribution in [3.05, 3.63) is 29.8 Å². The highest BCUT2D eigenvalue weighted by Crippen LogP contribution is 2.34. The summed E-state index contributed by atoms with van der Waals surface area (Å²) in [6.45, 7) is 1.07. The van der Waals surface area contributed by atoms with Crippen LogP contribution in [0.1, 0.15) is 31.2 Å². The number of methoxy groups -OCH3 is 1. The van der Waals surface area contributed by atoms with Crippen molar-refractivity contribution < 1.29 is 4.74 Å². The number of nitrogens with zero attached hydrogens (tertiary/aromatic N) is 1. The normalized spacial score (nSPS) is 29.6. The van der Waals surface area contributed by atoms with Gasteiger partial charge in [-0.2, -0.15) is 0 Å². The zero-order valence-corrected chi connectivity index (χ0v) is 12.6. The fraction of sp³-hybridized carbons (Fsp3) is 0.647. The second-order valence-corrected chi connectivity index (χ2v) is 6.27. The highest BCUT2D eigenvalue weighted by Gasteiger charge is 2.37. The predicted octanol–water partition coefficient (Wildman–Crippen LogP) is 2.45. The van der Waals surface area contributed by atoms with Crippen LogP contribution in [0.2, 0.25) is 0 Å². The topological polar surface area (TPSA) is 24.5 Å². The molecular weight excluding hydrogens is 248 g/mol. The molecule has 2 unspecified atom stereocenters. The van der Waals surface area contributed by atoms with E-state index >= 15 is 0 Å². The molecule has 0 saturated carbocycles. The molecule has 2 aliphatic heterocycles. The van der Waals surface area contributed by atoms with Crippen molar-refractivity contribution in [2.24, 2.45) is 0 Å². The molecule has 20 heavy (non-hydrogen) atoms. The lowest BCUT2D eigenvalue weighted by molar-refractivity contribution is 0.149. The molecule has 1 aromatic carbocycles. The lowest BCUT2D eigenvalue weighted by Gasteiger charge is -2.36. The summed E-state index contributed by atoms with van der Waals surface area (Å²) in [5, 5.41) is 3.76. The first-order valence-corrected chi connectivity index (χ1v) is 7.84. The number of nitrogens with one attached hydrogen (secondary N) is 1. The number of ether oxygens (including phenoxy) is 1. The van der Waals surface area contributed by atoms with Gasteiger partial charge in [-0.15, -0.1) is 0 Å². The molecule has 2 fully saturated rings. The third-order valence-corrected chi connectivity index (χ3v) is 5.08. The number of fused-ring (bicyclic) bond motifs is 2. The largest absolute Gasteiger partial charge is 0.497 e. The molecule has 0 aliphatic carbocycles. The smallest absolute Gasteiger partial charge is 0.119 e. The van der Waals surface area contributed by atoms with Crippen LogP contribution in [-0.2, 0) is 6.42 Å². The molecule has 1 aromatic rings. The van der Waals surface area contributed by atoms with Gasteiger partial charge >= 0.3 is 0 Å². The summed E-state index contributed by atoms with van der Waals surface area (Å²) in [6.07, 6.45) is 6.53. The van der Waals surface area contributed by atoms with Crippen molar-refractivity contribution >= 4 is 0 Å². The molecule has 2 aliphatic rings. The van der Waals surface area contributed by atoms with E-state index in [0.717, 1.165) is 30.8 Å². The van der Waals surface area contributed by atoms with Crippen molar-refractivity contribution in [3.8, 4) is 5.75 Å². The van der Waals surface area contributed by atoms with Gasteiger partial charge in [0.25, 0.3) is 0 Å². The van der Waals surface area contributed by atoms with E-state index in [1.54, 1.807) is 7.11 Å². The second kappa shape index (κ2) is 6.15. The number of benzene rings is 1. The van der Waals surface area contributed by atoms with E-state index in [0.29, 0.717) is 6.04 Å². The number of hydrogen-bond donors (Lipinski definition) is 1. The Labute approximate surface area is 122 Å². The average Bonchev–Trinajstić information content (AvgIpc) is 2.69. The summed E-state index contributed by atoms with van der Waals surface area (Å²) in [5.74, 6) is 0.958. The molecule has 1 N–H and O–H groups in total.